The van der Waals surface area contributed by atoms with Gasteiger partial charge in [-0.1, -0.05) is 49.1 Å². The Morgan fingerprint density at radius 3 is 2.79 bits per heavy atom. The molecule has 3 aromatic rings. The first-order valence-electron chi connectivity index (χ1n) is 10.4. The summed E-state index contributed by atoms with van der Waals surface area (Å²) < 4.78 is 0. The number of pyridine rings is 1. The summed E-state index contributed by atoms with van der Waals surface area (Å²) in [6, 6.07) is 14.4. The van der Waals surface area contributed by atoms with Gasteiger partial charge in [0.2, 0.25) is 0 Å². The maximum Gasteiger partial charge on any atom is 0.255 e. The molecular weight excluding hydrogens is 382 g/mol. The number of carbonyl (C=O) groups is 1. The Morgan fingerprint density at radius 2 is 1.93 bits per heavy atom. The molecule has 2 aliphatic rings. The third kappa shape index (κ3) is 3.46. The molecule has 4 nitrogen and oxygen atoms in total. The summed E-state index contributed by atoms with van der Waals surface area (Å²) in [6.07, 6.45) is 9.23. The molecule has 1 aliphatic carbocycles. The Hall–Kier alpha value is -2.59. The van der Waals surface area contributed by atoms with Crippen LogP contribution in [0.1, 0.15) is 48.0 Å². The van der Waals surface area contributed by atoms with E-state index in [1.165, 1.54) is 43.4 Å². The lowest BCUT2D eigenvalue weighted by Gasteiger charge is -2.33. The highest BCUT2D eigenvalue weighted by atomic mass is 35.5. The fraction of sp³-hybridized carbons (Fsp3) is 0.333. The normalized spacial score (nSPS) is 16.8. The van der Waals surface area contributed by atoms with E-state index in [2.05, 4.69) is 21.3 Å². The number of nitrogens with zero attached hydrogens (tertiary/aromatic N) is 2. The highest BCUT2D eigenvalue weighted by molar-refractivity contribution is 6.38. The van der Waals surface area contributed by atoms with Crippen molar-refractivity contribution in [2.75, 3.05) is 16.8 Å². The quantitative estimate of drug-likeness (QED) is 0.595. The molecule has 0 bridgehead atoms. The molecule has 2 heterocycles. The van der Waals surface area contributed by atoms with Crippen molar-refractivity contribution in [3.63, 3.8) is 0 Å². The van der Waals surface area contributed by atoms with Crippen molar-refractivity contribution in [3.05, 3.63) is 64.8 Å². The van der Waals surface area contributed by atoms with E-state index in [1.807, 2.05) is 36.4 Å². The molecule has 148 valence electrons. The molecule has 0 atom stereocenters. The first kappa shape index (κ1) is 18.4. The van der Waals surface area contributed by atoms with Crippen molar-refractivity contribution >= 4 is 39.8 Å². The van der Waals surface area contributed by atoms with Gasteiger partial charge in [0.15, 0.2) is 0 Å². The fourth-order valence-electron chi connectivity index (χ4n) is 4.73. The van der Waals surface area contributed by atoms with Gasteiger partial charge in [-0.25, -0.2) is 0 Å². The fourth-order valence-corrected chi connectivity index (χ4v) is 4.99. The second kappa shape index (κ2) is 7.68. The first-order valence-corrected chi connectivity index (χ1v) is 10.8. The standard InChI is InChI=1S/C24H24ClN3O/c25-23-19-8-4-5-9-20(19)26-15-21(23)27-24(29)17-10-11-22-16(14-17)12-13-28(22)18-6-2-1-3-7-18/h4-5,8-11,14-15,18H,1-3,6-7,12-13H2,(H,27,29). The number of anilines is 2. The Kier molecular flexibility index (Phi) is 4.88. The Morgan fingerprint density at radius 1 is 1.10 bits per heavy atom. The minimum atomic E-state index is -0.150. The van der Waals surface area contributed by atoms with E-state index in [0.717, 1.165) is 23.9 Å². The van der Waals surface area contributed by atoms with E-state index in [4.69, 9.17) is 11.6 Å². The number of para-hydroxylation sites is 1. The molecule has 1 saturated carbocycles. The molecule has 0 radical (unpaired) electrons. The topological polar surface area (TPSA) is 45.2 Å². The number of carbonyl (C=O) groups excluding carboxylic acids is 1. The molecule has 0 unspecified atom stereocenters. The highest BCUT2D eigenvalue weighted by Gasteiger charge is 2.27. The number of fused-ring (bicyclic) bond motifs is 2. The summed E-state index contributed by atoms with van der Waals surface area (Å²) in [7, 11) is 0. The van der Waals surface area contributed by atoms with E-state index >= 15 is 0 Å². The van der Waals surface area contributed by atoms with E-state index in [0.29, 0.717) is 22.3 Å². The van der Waals surface area contributed by atoms with Crippen LogP contribution in [-0.2, 0) is 6.42 Å². The number of aromatic nitrogens is 1. The number of benzene rings is 2. The number of amides is 1. The number of rotatable bonds is 3. The molecule has 29 heavy (non-hydrogen) atoms. The Labute approximate surface area is 175 Å². The molecule has 5 heteroatoms. The summed E-state index contributed by atoms with van der Waals surface area (Å²) in [4.78, 5) is 19.8. The summed E-state index contributed by atoms with van der Waals surface area (Å²) >= 11 is 6.51. The van der Waals surface area contributed by atoms with Crippen molar-refractivity contribution in [1.82, 2.24) is 4.98 Å². The van der Waals surface area contributed by atoms with Crippen LogP contribution in [-0.4, -0.2) is 23.5 Å². The van der Waals surface area contributed by atoms with Crippen LogP contribution in [0, 0.1) is 0 Å². The summed E-state index contributed by atoms with van der Waals surface area (Å²) in [5.41, 5.74) is 4.60. The summed E-state index contributed by atoms with van der Waals surface area (Å²) in [6.45, 7) is 1.06. The minimum absolute atomic E-state index is 0.150. The average molecular weight is 406 g/mol. The molecule has 1 aromatic heterocycles. The van der Waals surface area contributed by atoms with Gasteiger partial charge in [0.25, 0.3) is 5.91 Å². The molecule has 2 aromatic carbocycles. The van der Waals surface area contributed by atoms with Crippen molar-refractivity contribution < 1.29 is 4.79 Å². The number of hydrogen-bond acceptors (Lipinski definition) is 3. The highest BCUT2D eigenvalue weighted by Crippen LogP contribution is 2.35. The lowest BCUT2D eigenvalue weighted by Crippen LogP contribution is -2.35. The minimum Gasteiger partial charge on any atom is -0.368 e. The van der Waals surface area contributed by atoms with Crippen LogP contribution < -0.4 is 10.2 Å². The largest absolute Gasteiger partial charge is 0.368 e. The van der Waals surface area contributed by atoms with E-state index in [1.54, 1.807) is 6.20 Å². The van der Waals surface area contributed by atoms with E-state index in [9.17, 15) is 4.79 Å². The molecule has 1 N–H and O–H groups in total. The van der Waals surface area contributed by atoms with Crippen LogP contribution in [0.3, 0.4) is 0 Å². The smallest absolute Gasteiger partial charge is 0.255 e. The van der Waals surface area contributed by atoms with Gasteiger partial charge in [-0.15, -0.1) is 0 Å². The van der Waals surface area contributed by atoms with Crippen LogP contribution in [0.15, 0.2) is 48.7 Å². The Balaban J connectivity index is 1.37. The third-order valence-electron chi connectivity index (χ3n) is 6.25. The van der Waals surface area contributed by atoms with Crippen LogP contribution in [0.2, 0.25) is 5.02 Å². The molecule has 0 saturated heterocycles. The van der Waals surface area contributed by atoms with E-state index in [-0.39, 0.29) is 5.91 Å². The predicted molar refractivity (Wildman–Crippen MR) is 119 cm³/mol. The first-order chi connectivity index (χ1) is 14.2. The van der Waals surface area contributed by atoms with Crippen LogP contribution in [0.4, 0.5) is 11.4 Å². The predicted octanol–water partition coefficient (Wildman–Crippen LogP) is 5.84. The molecule has 0 spiro atoms. The van der Waals surface area contributed by atoms with Crippen molar-refractivity contribution in [1.29, 1.82) is 0 Å². The van der Waals surface area contributed by atoms with Gasteiger partial charge in [-0.3, -0.25) is 9.78 Å². The van der Waals surface area contributed by atoms with Gasteiger partial charge < -0.3 is 10.2 Å². The summed E-state index contributed by atoms with van der Waals surface area (Å²) in [5.74, 6) is -0.150. The Bertz CT molecular complexity index is 1070. The average Bonchev–Trinajstić information content (AvgIpc) is 3.20. The number of hydrogen-bond donors (Lipinski definition) is 1. The van der Waals surface area contributed by atoms with Crippen molar-refractivity contribution in [2.24, 2.45) is 0 Å². The van der Waals surface area contributed by atoms with Crippen LogP contribution in [0.5, 0.6) is 0 Å². The maximum absolute atomic E-state index is 12.9. The van der Waals surface area contributed by atoms with Crippen LogP contribution >= 0.6 is 11.6 Å². The van der Waals surface area contributed by atoms with Gasteiger partial charge in [0.05, 0.1) is 22.4 Å². The molecule has 1 amide bonds. The lowest BCUT2D eigenvalue weighted by molar-refractivity contribution is 0.102. The van der Waals surface area contributed by atoms with Gasteiger partial charge in [-0.2, -0.15) is 0 Å². The zero-order valence-corrected chi connectivity index (χ0v) is 17.1. The SMILES string of the molecule is O=C(Nc1cnc2ccccc2c1Cl)c1ccc2c(c1)CCN2C1CCCCC1. The van der Waals surface area contributed by atoms with E-state index < -0.39 is 0 Å². The molecule has 5 rings (SSSR count). The molecule has 1 fully saturated rings. The number of nitrogens with one attached hydrogen (secondary N) is 1. The van der Waals surface area contributed by atoms with Gasteiger partial charge in [-0.05, 0) is 49.1 Å². The van der Waals surface area contributed by atoms with Crippen molar-refractivity contribution in [2.45, 2.75) is 44.6 Å². The molecule has 1 aliphatic heterocycles. The zero-order chi connectivity index (χ0) is 19.8. The molecular formula is C24H24ClN3O. The second-order valence-electron chi connectivity index (χ2n) is 8.04. The van der Waals surface area contributed by atoms with Crippen molar-refractivity contribution in [3.8, 4) is 0 Å². The van der Waals surface area contributed by atoms with Gasteiger partial charge in [0.1, 0.15) is 0 Å². The van der Waals surface area contributed by atoms with Gasteiger partial charge in [0, 0.05) is 29.2 Å². The van der Waals surface area contributed by atoms with Gasteiger partial charge >= 0.3 is 0 Å². The second-order valence-corrected chi connectivity index (χ2v) is 8.41. The summed E-state index contributed by atoms with van der Waals surface area (Å²) in [5, 5.41) is 4.30. The van der Waals surface area contributed by atoms with Crippen LogP contribution in [0.25, 0.3) is 10.9 Å². The zero-order valence-electron chi connectivity index (χ0n) is 16.3. The number of halogens is 1. The monoisotopic (exact) mass is 405 g/mol. The maximum atomic E-state index is 12.9. The third-order valence-corrected chi connectivity index (χ3v) is 6.65. The lowest BCUT2D eigenvalue weighted by atomic mass is 9.94.